The Balaban J connectivity index is 0.974. The molecule has 2 heterocycles. The average molecular weight is 751 g/mol. The van der Waals surface area contributed by atoms with E-state index in [9.17, 15) is 0 Å². The summed E-state index contributed by atoms with van der Waals surface area (Å²) in [7, 11) is 0. The molecule has 59 heavy (non-hydrogen) atoms. The Morgan fingerprint density at radius 2 is 0.797 bits per heavy atom. The van der Waals surface area contributed by atoms with Gasteiger partial charge in [0, 0.05) is 18.0 Å². The van der Waals surface area contributed by atoms with Crippen LogP contribution in [0.3, 0.4) is 0 Å². The van der Waals surface area contributed by atoms with Gasteiger partial charge in [-0.05, 0) is 123 Å². The molecule has 12 rings (SSSR count). The van der Waals surface area contributed by atoms with Gasteiger partial charge in [0.25, 0.3) is 0 Å². The molecule has 0 aliphatic rings. The standard InChI is InChI=1S/C55H34N4/c1-2-16-40-35(13-1)14-11-25-41(40)55-48-23-9-7-21-46(48)53(47-22-8-10-24-49(47)55)37-28-31-50-51(33-37)58-59(57-50)39-29-26-36(27-30-39)52-42-17-3-5-19-44(42)54(38-15-12-32-56-34-38)45-20-6-4-18-43(45)52/h1-34H. The summed E-state index contributed by atoms with van der Waals surface area (Å²) in [6.45, 7) is 0. The van der Waals surface area contributed by atoms with E-state index in [0.29, 0.717) is 0 Å². The smallest absolute Gasteiger partial charge is 0.114 e. The molecule has 0 radical (unpaired) electrons. The highest BCUT2D eigenvalue weighted by Crippen LogP contribution is 2.46. The van der Waals surface area contributed by atoms with E-state index in [4.69, 9.17) is 10.2 Å². The van der Waals surface area contributed by atoms with Crippen molar-refractivity contribution >= 4 is 64.9 Å². The summed E-state index contributed by atoms with van der Waals surface area (Å²) in [4.78, 5) is 6.22. The van der Waals surface area contributed by atoms with Crippen molar-refractivity contribution in [3.05, 3.63) is 207 Å². The Morgan fingerprint density at radius 3 is 1.37 bits per heavy atom. The van der Waals surface area contributed by atoms with E-state index in [1.807, 2.05) is 18.5 Å². The minimum atomic E-state index is 0.848. The normalized spacial score (nSPS) is 11.7. The summed E-state index contributed by atoms with van der Waals surface area (Å²) < 4.78 is 0. The van der Waals surface area contributed by atoms with Crippen molar-refractivity contribution in [1.29, 1.82) is 0 Å². The van der Waals surface area contributed by atoms with E-state index < -0.39 is 0 Å². The minimum absolute atomic E-state index is 0.848. The van der Waals surface area contributed by atoms with Crippen LogP contribution in [0.2, 0.25) is 0 Å². The SMILES string of the molecule is c1cncc(-c2c3ccccc3c(-c3ccc(-n4nc5ccc(-c6c7ccccc7c(-c7cccc8ccccc78)c7ccccc67)cc5n4)cc3)c3ccccc23)c1. The number of rotatable bonds is 5. The van der Waals surface area contributed by atoms with E-state index >= 15 is 0 Å². The largest absolute Gasteiger partial charge is 0.264 e. The van der Waals surface area contributed by atoms with Crippen LogP contribution in [-0.2, 0) is 0 Å². The van der Waals surface area contributed by atoms with Gasteiger partial charge in [0.15, 0.2) is 0 Å². The highest BCUT2D eigenvalue weighted by atomic mass is 15.5. The first-order chi connectivity index (χ1) is 29.3. The molecule has 0 bridgehead atoms. The van der Waals surface area contributed by atoms with Crippen molar-refractivity contribution < 1.29 is 0 Å². The number of fused-ring (bicyclic) bond motifs is 6. The molecule has 0 aliphatic heterocycles. The van der Waals surface area contributed by atoms with Gasteiger partial charge in [0.05, 0.1) is 5.69 Å². The first kappa shape index (κ1) is 33.2. The van der Waals surface area contributed by atoms with Crippen molar-refractivity contribution in [2.24, 2.45) is 0 Å². The minimum Gasteiger partial charge on any atom is -0.264 e. The molecule has 0 aliphatic carbocycles. The maximum absolute atomic E-state index is 5.08. The van der Waals surface area contributed by atoms with Crippen LogP contribution in [0.4, 0.5) is 0 Å². The summed E-state index contributed by atoms with van der Waals surface area (Å²) >= 11 is 0. The first-order valence-electron chi connectivity index (χ1n) is 20.0. The molecule has 12 aromatic rings. The van der Waals surface area contributed by atoms with Crippen molar-refractivity contribution in [3.63, 3.8) is 0 Å². The average Bonchev–Trinajstić information content (AvgIpc) is 3.74. The van der Waals surface area contributed by atoms with E-state index in [2.05, 4.69) is 193 Å². The highest BCUT2D eigenvalue weighted by molar-refractivity contribution is 6.24. The molecule has 0 spiro atoms. The molecule has 4 heteroatoms. The molecule has 0 saturated heterocycles. The van der Waals surface area contributed by atoms with Crippen LogP contribution in [0.5, 0.6) is 0 Å². The third kappa shape index (κ3) is 5.27. The molecule has 0 atom stereocenters. The molecule has 0 unspecified atom stereocenters. The summed E-state index contributed by atoms with van der Waals surface area (Å²) in [5.74, 6) is 0. The second kappa shape index (κ2) is 13.3. The molecule has 4 nitrogen and oxygen atoms in total. The molecule has 0 fully saturated rings. The number of pyridine rings is 1. The molecule has 274 valence electrons. The number of hydrogen-bond donors (Lipinski definition) is 0. The molecular formula is C55H34N4. The van der Waals surface area contributed by atoms with Gasteiger partial charge in [-0.25, -0.2) is 0 Å². The van der Waals surface area contributed by atoms with E-state index in [1.165, 1.54) is 81.7 Å². The van der Waals surface area contributed by atoms with Gasteiger partial charge in [0.2, 0.25) is 0 Å². The van der Waals surface area contributed by atoms with E-state index in [-0.39, 0.29) is 0 Å². The molecule has 10 aromatic carbocycles. The van der Waals surface area contributed by atoms with Gasteiger partial charge in [-0.15, -0.1) is 10.2 Å². The van der Waals surface area contributed by atoms with Crippen molar-refractivity contribution in [2.75, 3.05) is 0 Å². The lowest BCUT2D eigenvalue weighted by Crippen LogP contribution is -1.98. The Labute approximate surface area is 340 Å². The zero-order valence-electron chi connectivity index (χ0n) is 31.9. The highest BCUT2D eigenvalue weighted by Gasteiger charge is 2.20. The summed E-state index contributed by atoms with van der Waals surface area (Å²) in [5, 5.41) is 22.3. The first-order valence-corrected chi connectivity index (χ1v) is 20.0. The van der Waals surface area contributed by atoms with Crippen LogP contribution in [0.15, 0.2) is 207 Å². The van der Waals surface area contributed by atoms with Crippen LogP contribution < -0.4 is 0 Å². The van der Waals surface area contributed by atoms with Gasteiger partial charge in [-0.3, -0.25) is 4.98 Å². The van der Waals surface area contributed by atoms with Crippen molar-refractivity contribution in [3.8, 4) is 50.2 Å². The third-order valence-corrected chi connectivity index (χ3v) is 11.9. The lowest BCUT2D eigenvalue weighted by molar-refractivity contribution is 0.766. The van der Waals surface area contributed by atoms with Gasteiger partial charge in [0.1, 0.15) is 11.0 Å². The lowest BCUT2D eigenvalue weighted by atomic mass is 9.85. The Kier molecular flexibility index (Phi) is 7.50. The number of hydrogen-bond acceptors (Lipinski definition) is 3. The van der Waals surface area contributed by atoms with Crippen LogP contribution in [-0.4, -0.2) is 20.0 Å². The predicted molar refractivity (Wildman–Crippen MR) is 246 cm³/mol. The van der Waals surface area contributed by atoms with Crippen LogP contribution >= 0.6 is 0 Å². The Hall–Kier alpha value is -7.95. The Bertz CT molecular complexity index is 3490. The number of aromatic nitrogens is 4. The summed E-state index contributed by atoms with van der Waals surface area (Å²) in [6.07, 6.45) is 3.79. The maximum Gasteiger partial charge on any atom is 0.114 e. The van der Waals surface area contributed by atoms with Crippen molar-refractivity contribution in [1.82, 2.24) is 20.0 Å². The topological polar surface area (TPSA) is 43.6 Å². The molecule has 0 amide bonds. The van der Waals surface area contributed by atoms with E-state index in [1.54, 1.807) is 4.80 Å². The van der Waals surface area contributed by atoms with Crippen molar-refractivity contribution in [2.45, 2.75) is 0 Å². The van der Waals surface area contributed by atoms with Gasteiger partial charge in [-0.2, -0.15) is 4.80 Å². The summed E-state index contributed by atoms with van der Waals surface area (Å²) in [5.41, 5.74) is 12.1. The summed E-state index contributed by atoms with van der Waals surface area (Å²) in [6, 6.07) is 69.6. The lowest BCUT2D eigenvalue weighted by Gasteiger charge is -2.18. The fourth-order valence-corrected chi connectivity index (χ4v) is 9.38. The molecular weight excluding hydrogens is 717 g/mol. The fourth-order valence-electron chi connectivity index (χ4n) is 9.38. The second-order valence-corrected chi connectivity index (χ2v) is 15.2. The number of benzene rings is 10. The fraction of sp³-hybridized carbons (Fsp3) is 0. The predicted octanol–water partition coefficient (Wildman–Crippen LogP) is 14.2. The van der Waals surface area contributed by atoms with Gasteiger partial charge < -0.3 is 0 Å². The zero-order chi connectivity index (χ0) is 38.9. The van der Waals surface area contributed by atoms with Crippen LogP contribution in [0, 0.1) is 0 Å². The van der Waals surface area contributed by atoms with Gasteiger partial charge >= 0.3 is 0 Å². The van der Waals surface area contributed by atoms with Crippen LogP contribution in [0.25, 0.3) is 115 Å². The number of nitrogens with zero attached hydrogens (tertiary/aromatic N) is 4. The molecule has 0 saturated carbocycles. The monoisotopic (exact) mass is 750 g/mol. The Morgan fingerprint density at radius 1 is 0.322 bits per heavy atom. The molecule has 2 aromatic heterocycles. The zero-order valence-corrected chi connectivity index (χ0v) is 31.9. The third-order valence-electron chi connectivity index (χ3n) is 11.9. The maximum atomic E-state index is 5.08. The second-order valence-electron chi connectivity index (χ2n) is 15.2. The van der Waals surface area contributed by atoms with E-state index in [0.717, 1.165) is 33.4 Å². The van der Waals surface area contributed by atoms with Crippen LogP contribution in [0.1, 0.15) is 0 Å². The molecule has 0 N–H and O–H groups in total. The van der Waals surface area contributed by atoms with Gasteiger partial charge in [-0.1, -0.05) is 164 Å². The quantitative estimate of drug-likeness (QED) is 0.165.